The summed E-state index contributed by atoms with van der Waals surface area (Å²) in [5.74, 6) is -1.08. The number of aryl methyl sites for hydroxylation is 1. The van der Waals surface area contributed by atoms with Crippen molar-refractivity contribution in [2.24, 2.45) is 15.9 Å². The Morgan fingerprint density at radius 1 is 1.17 bits per heavy atom. The van der Waals surface area contributed by atoms with Gasteiger partial charge in [-0.3, -0.25) is 14.4 Å². The third-order valence-corrected chi connectivity index (χ3v) is 4.85. The molecule has 0 N–H and O–H groups in total. The lowest BCUT2D eigenvalue weighted by Crippen LogP contribution is -2.36. The summed E-state index contributed by atoms with van der Waals surface area (Å²) in [5, 5.41) is 0. The van der Waals surface area contributed by atoms with Gasteiger partial charge >= 0.3 is 5.97 Å². The molecule has 7 heteroatoms. The Morgan fingerprint density at radius 3 is 2.72 bits per heavy atom. The van der Waals surface area contributed by atoms with Crippen LogP contribution in [0.3, 0.4) is 0 Å². The van der Waals surface area contributed by atoms with Gasteiger partial charge < -0.3 is 9.64 Å². The highest BCUT2D eigenvalue weighted by Gasteiger charge is 2.27. The summed E-state index contributed by atoms with van der Waals surface area (Å²) in [7, 11) is 1.29. The van der Waals surface area contributed by atoms with E-state index >= 15 is 0 Å². The van der Waals surface area contributed by atoms with Crippen molar-refractivity contribution in [1.82, 2.24) is 4.90 Å². The maximum absolute atomic E-state index is 12.8. The second kappa shape index (κ2) is 9.23. The zero-order chi connectivity index (χ0) is 20.8. The summed E-state index contributed by atoms with van der Waals surface area (Å²) in [6, 6.07) is 7.69. The highest BCUT2D eigenvalue weighted by molar-refractivity contribution is 6.21. The number of methoxy groups -OCH3 is 1. The second-order valence-electron chi connectivity index (χ2n) is 6.88. The maximum atomic E-state index is 12.8. The molecule has 29 heavy (non-hydrogen) atoms. The van der Waals surface area contributed by atoms with E-state index in [2.05, 4.69) is 9.98 Å². The summed E-state index contributed by atoms with van der Waals surface area (Å²) < 4.78 is 4.73. The Labute approximate surface area is 169 Å². The Hall–Kier alpha value is -3.35. The predicted octanol–water partition coefficient (Wildman–Crippen LogP) is 2.40. The van der Waals surface area contributed by atoms with Crippen LogP contribution in [-0.4, -0.2) is 47.9 Å². The number of carbonyl (C=O) groups is 3. The van der Waals surface area contributed by atoms with Crippen LogP contribution in [0.2, 0.25) is 0 Å². The number of hydrogen-bond donors (Lipinski definition) is 0. The number of benzene rings is 1. The van der Waals surface area contributed by atoms with Crippen molar-refractivity contribution >= 4 is 29.3 Å². The second-order valence-corrected chi connectivity index (χ2v) is 6.88. The topological polar surface area (TPSA) is 88.4 Å². The van der Waals surface area contributed by atoms with Gasteiger partial charge in [0.25, 0.3) is 5.91 Å². The highest BCUT2D eigenvalue weighted by atomic mass is 16.5. The number of amidine groups is 1. The zero-order valence-corrected chi connectivity index (χ0v) is 16.5. The van der Waals surface area contributed by atoms with Gasteiger partial charge in [0.1, 0.15) is 18.3 Å². The number of rotatable bonds is 7. The fourth-order valence-electron chi connectivity index (χ4n) is 3.15. The molecule has 1 aromatic carbocycles. The number of ether oxygens (including phenoxy) is 1. The van der Waals surface area contributed by atoms with Crippen LogP contribution in [0.25, 0.3) is 0 Å². The fourth-order valence-corrected chi connectivity index (χ4v) is 3.15. The number of nitrogens with zero attached hydrogens (tertiary/aromatic N) is 3. The van der Waals surface area contributed by atoms with Crippen LogP contribution in [0.4, 0.5) is 0 Å². The van der Waals surface area contributed by atoms with E-state index in [0.29, 0.717) is 18.1 Å². The number of carbonyl (C=O) groups excluding carboxylic acids is 3. The normalized spacial score (nSPS) is 17.3. The lowest BCUT2D eigenvalue weighted by Gasteiger charge is -2.23. The molecule has 0 bridgehead atoms. The van der Waals surface area contributed by atoms with Crippen LogP contribution in [0.5, 0.6) is 0 Å². The molecule has 0 spiro atoms. The molecule has 1 atom stereocenters. The first kappa shape index (κ1) is 20.4. The van der Waals surface area contributed by atoms with Crippen LogP contribution in [-0.2, 0) is 25.7 Å². The molecule has 0 aromatic heterocycles. The quantitative estimate of drug-likeness (QED) is 0.666. The number of fused-ring (bicyclic) bond motifs is 1. The van der Waals surface area contributed by atoms with Gasteiger partial charge in [-0.1, -0.05) is 42.5 Å². The van der Waals surface area contributed by atoms with E-state index in [1.54, 1.807) is 18.2 Å². The van der Waals surface area contributed by atoms with E-state index in [1.807, 2.05) is 37.3 Å². The Morgan fingerprint density at radius 2 is 1.97 bits per heavy atom. The third-order valence-electron chi connectivity index (χ3n) is 4.85. The number of esters is 1. The van der Waals surface area contributed by atoms with E-state index < -0.39 is 11.9 Å². The lowest BCUT2D eigenvalue weighted by atomic mass is 9.96. The monoisotopic (exact) mass is 393 g/mol. The molecule has 1 aliphatic heterocycles. The summed E-state index contributed by atoms with van der Waals surface area (Å²) >= 11 is 0. The lowest BCUT2D eigenvalue weighted by molar-refractivity contribution is -0.147. The van der Waals surface area contributed by atoms with Gasteiger partial charge in [-0.05, 0) is 24.1 Å². The average Bonchev–Trinajstić information content (AvgIpc) is 2.73. The van der Waals surface area contributed by atoms with Gasteiger partial charge in [-0.25, -0.2) is 4.99 Å². The molecule has 1 heterocycles. The number of allylic oxidation sites excluding steroid dienone is 3. The minimum Gasteiger partial charge on any atom is -0.468 e. The van der Waals surface area contributed by atoms with E-state index in [1.165, 1.54) is 12.0 Å². The average molecular weight is 393 g/mol. The first-order valence-corrected chi connectivity index (χ1v) is 9.42. The van der Waals surface area contributed by atoms with Crippen molar-refractivity contribution < 1.29 is 19.1 Å². The standard InChI is InChI=1S/C22H23N3O4/c1-15-7-3-4-8-16(15)13-25(14-21(27)29-2)20(26)12-11-19-23-18-10-6-5-9-17(18)22(28)24-19/h3-10,17H,11-14H2,1-2H3. The van der Waals surface area contributed by atoms with Crippen LogP contribution < -0.4 is 0 Å². The first-order valence-electron chi connectivity index (χ1n) is 9.42. The zero-order valence-electron chi connectivity index (χ0n) is 16.5. The molecule has 2 aliphatic rings. The summed E-state index contributed by atoms with van der Waals surface area (Å²) in [4.78, 5) is 46.7. The van der Waals surface area contributed by atoms with Crippen LogP contribution in [0.1, 0.15) is 24.0 Å². The van der Waals surface area contributed by atoms with Crippen molar-refractivity contribution in [3.05, 3.63) is 59.7 Å². The van der Waals surface area contributed by atoms with Crippen LogP contribution in [0.15, 0.2) is 58.6 Å². The fraction of sp³-hybridized carbons (Fsp3) is 0.318. The minimum atomic E-state index is -0.487. The van der Waals surface area contributed by atoms with Gasteiger partial charge in [-0.2, -0.15) is 4.99 Å². The highest BCUT2D eigenvalue weighted by Crippen LogP contribution is 2.18. The van der Waals surface area contributed by atoms with Crippen molar-refractivity contribution in [2.75, 3.05) is 13.7 Å². The van der Waals surface area contributed by atoms with Gasteiger partial charge in [-0.15, -0.1) is 0 Å². The molecule has 2 amide bonds. The summed E-state index contributed by atoms with van der Waals surface area (Å²) in [5.41, 5.74) is 2.63. The molecular formula is C22H23N3O4. The number of amides is 2. The summed E-state index contributed by atoms with van der Waals surface area (Å²) in [6.45, 7) is 2.12. The summed E-state index contributed by atoms with van der Waals surface area (Å²) in [6.07, 6.45) is 7.46. The Balaban J connectivity index is 1.68. The SMILES string of the molecule is COC(=O)CN(Cc1ccccc1C)C(=O)CCC1=NC(=O)C2C=CC=CC2=N1. The Bertz CT molecular complexity index is 943. The molecular weight excluding hydrogens is 370 g/mol. The van der Waals surface area contributed by atoms with Crippen LogP contribution in [0, 0.1) is 12.8 Å². The predicted molar refractivity (Wildman–Crippen MR) is 109 cm³/mol. The molecule has 0 radical (unpaired) electrons. The molecule has 1 aliphatic carbocycles. The molecule has 0 saturated carbocycles. The van der Waals surface area contributed by atoms with Gasteiger partial charge in [0.05, 0.1) is 12.8 Å². The van der Waals surface area contributed by atoms with Crippen molar-refractivity contribution in [1.29, 1.82) is 0 Å². The van der Waals surface area contributed by atoms with Gasteiger partial charge in [0.15, 0.2) is 0 Å². The largest absolute Gasteiger partial charge is 0.468 e. The van der Waals surface area contributed by atoms with Crippen molar-refractivity contribution in [3.8, 4) is 0 Å². The van der Waals surface area contributed by atoms with Crippen LogP contribution >= 0.6 is 0 Å². The Kier molecular flexibility index (Phi) is 6.49. The molecule has 0 fully saturated rings. The van der Waals surface area contributed by atoms with E-state index in [-0.39, 0.29) is 31.2 Å². The number of aliphatic imine (C=N–C) groups is 2. The molecule has 0 saturated heterocycles. The van der Waals surface area contributed by atoms with E-state index in [9.17, 15) is 14.4 Å². The minimum absolute atomic E-state index is 0.0932. The molecule has 1 unspecified atom stereocenters. The molecule has 7 nitrogen and oxygen atoms in total. The van der Waals surface area contributed by atoms with Crippen molar-refractivity contribution in [2.45, 2.75) is 26.3 Å². The molecule has 150 valence electrons. The van der Waals surface area contributed by atoms with Gasteiger partial charge in [0, 0.05) is 19.4 Å². The molecule has 1 aromatic rings. The first-order chi connectivity index (χ1) is 14.0. The smallest absolute Gasteiger partial charge is 0.325 e. The van der Waals surface area contributed by atoms with Crippen molar-refractivity contribution in [3.63, 3.8) is 0 Å². The molecule has 3 rings (SSSR count). The number of hydrogen-bond acceptors (Lipinski definition) is 5. The van der Waals surface area contributed by atoms with Gasteiger partial charge in [0.2, 0.25) is 5.91 Å². The third kappa shape index (κ3) is 5.13. The maximum Gasteiger partial charge on any atom is 0.325 e. The van der Waals surface area contributed by atoms with E-state index in [4.69, 9.17) is 4.74 Å². The van der Waals surface area contributed by atoms with E-state index in [0.717, 1.165) is 11.1 Å².